The largest absolute Gasteiger partial charge is 0.288 e. The quantitative estimate of drug-likeness (QED) is 0.323. The number of benzene rings is 1. The molecule has 0 amide bonds. The summed E-state index contributed by atoms with van der Waals surface area (Å²) in [6.45, 7) is 0. The molecule has 0 N–H and O–H groups in total. The first kappa shape index (κ1) is 14.6. The number of halogens is 5. The molecule has 7 heteroatoms. The number of rotatable bonds is 2. The molecule has 18 heavy (non-hydrogen) atoms. The van der Waals surface area contributed by atoms with Gasteiger partial charge in [-0.05, 0) is 28.1 Å². The summed E-state index contributed by atoms with van der Waals surface area (Å²) in [6.07, 6.45) is 0. The van der Waals surface area contributed by atoms with Crippen molar-refractivity contribution < 1.29 is 4.79 Å². The van der Waals surface area contributed by atoms with E-state index in [1.54, 1.807) is 11.4 Å². The molecule has 0 fully saturated rings. The van der Waals surface area contributed by atoms with Crippen LogP contribution >= 0.6 is 73.7 Å². The Balaban J connectivity index is 2.58. The average molecular weight is 405 g/mol. The lowest BCUT2D eigenvalue weighted by molar-refractivity contribution is 0.103. The van der Waals surface area contributed by atoms with Gasteiger partial charge in [-0.2, -0.15) is 0 Å². The third-order valence-corrected chi connectivity index (χ3v) is 5.24. The molecule has 1 aromatic carbocycles. The second-order valence-electron chi connectivity index (χ2n) is 3.31. The van der Waals surface area contributed by atoms with E-state index in [1.165, 1.54) is 17.4 Å². The third kappa shape index (κ3) is 2.72. The van der Waals surface area contributed by atoms with Gasteiger partial charge in [-0.3, -0.25) is 4.79 Å². The Labute approximate surface area is 136 Å². The molecule has 0 saturated carbocycles. The minimum atomic E-state index is -0.287. The van der Waals surface area contributed by atoms with Gasteiger partial charge in [0.15, 0.2) is 5.78 Å². The zero-order valence-corrected chi connectivity index (χ0v) is 13.9. The highest BCUT2D eigenvalue weighted by Crippen LogP contribution is 2.39. The van der Waals surface area contributed by atoms with E-state index in [9.17, 15) is 4.79 Å². The molecule has 1 nitrogen and oxygen atoms in total. The van der Waals surface area contributed by atoms with Crippen molar-refractivity contribution in [1.82, 2.24) is 0 Å². The van der Waals surface area contributed by atoms with Gasteiger partial charge in [0.2, 0.25) is 0 Å². The lowest BCUT2D eigenvalue weighted by Crippen LogP contribution is -2.02. The van der Waals surface area contributed by atoms with Crippen molar-refractivity contribution in [3.8, 4) is 0 Å². The standard InChI is InChI=1S/C11H3BrCl4OS/c12-7-1-4(3-18-7)11(17)8-5(13)2-6(14)9(15)10(8)16/h1-3H. The molecule has 0 aliphatic heterocycles. The normalized spacial score (nSPS) is 10.7. The van der Waals surface area contributed by atoms with E-state index in [-0.39, 0.29) is 31.4 Å². The summed E-state index contributed by atoms with van der Waals surface area (Å²) in [5, 5.41) is 2.31. The van der Waals surface area contributed by atoms with Crippen LogP contribution in [0.2, 0.25) is 20.1 Å². The van der Waals surface area contributed by atoms with Crippen LogP contribution in [0.4, 0.5) is 0 Å². The molecule has 0 saturated heterocycles. The van der Waals surface area contributed by atoms with Crippen molar-refractivity contribution in [3.05, 3.63) is 52.5 Å². The van der Waals surface area contributed by atoms with Crippen molar-refractivity contribution >= 4 is 79.5 Å². The predicted octanol–water partition coefficient (Wildman–Crippen LogP) is 6.36. The summed E-state index contributed by atoms with van der Waals surface area (Å²) in [5.41, 5.74) is 0.659. The monoisotopic (exact) mass is 402 g/mol. The Hall–Kier alpha value is 0.230. The second-order valence-corrected chi connectivity index (χ2v) is 7.17. The summed E-state index contributed by atoms with van der Waals surface area (Å²) in [5.74, 6) is -0.287. The fraction of sp³-hybridized carbons (Fsp3) is 0. The Bertz CT molecular complexity index is 638. The van der Waals surface area contributed by atoms with Crippen molar-refractivity contribution in [3.63, 3.8) is 0 Å². The van der Waals surface area contributed by atoms with Gasteiger partial charge in [-0.25, -0.2) is 0 Å². The van der Waals surface area contributed by atoms with Crippen LogP contribution in [0.3, 0.4) is 0 Å². The van der Waals surface area contributed by atoms with Crippen LogP contribution in [0.5, 0.6) is 0 Å². The van der Waals surface area contributed by atoms with Crippen LogP contribution in [0.1, 0.15) is 15.9 Å². The Morgan fingerprint density at radius 2 is 1.72 bits per heavy atom. The van der Waals surface area contributed by atoms with Crippen LogP contribution in [0.25, 0.3) is 0 Å². The average Bonchev–Trinajstić information content (AvgIpc) is 2.73. The Morgan fingerprint density at radius 1 is 1.06 bits per heavy atom. The first-order chi connectivity index (χ1) is 8.41. The molecule has 2 aromatic rings. The van der Waals surface area contributed by atoms with Gasteiger partial charge in [0.25, 0.3) is 0 Å². The van der Waals surface area contributed by atoms with E-state index in [4.69, 9.17) is 46.4 Å². The zero-order valence-electron chi connectivity index (χ0n) is 8.44. The van der Waals surface area contributed by atoms with Gasteiger partial charge in [-0.1, -0.05) is 46.4 Å². The predicted molar refractivity (Wildman–Crippen MR) is 81.9 cm³/mol. The first-order valence-electron chi connectivity index (χ1n) is 4.53. The Kier molecular flexibility index (Phi) is 4.63. The van der Waals surface area contributed by atoms with Gasteiger partial charge >= 0.3 is 0 Å². The molecule has 0 bridgehead atoms. The van der Waals surface area contributed by atoms with E-state index in [1.807, 2.05) is 0 Å². The zero-order chi connectivity index (χ0) is 13.4. The van der Waals surface area contributed by atoms with Crippen molar-refractivity contribution in [1.29, 1.82) is 0 Å². The number of ketones is 1. The fourth-order valence-corrected chi connectivity index (χ4v) is 3.57. The van der Waals surface area contributed by atoms with Gasteiger partial charge in [0.1, 0.15) is 0 Å². The molecule has 1 aromatic heterocycles. The highest BCUT2D eigenvalue weighted by Gasteiger charge is 2.21. The highest BCUT2D eigenvalue weighted by atomic mass is 79.9. The topological polar surface area (TPSA) is 17.1 Å². The molecule has 0 radical (unpaired) electrons. The van der Waals surface area contributed by atoms with E-state index >= 15 is 0 Å². The van der Waals surface area contributed by atoms with Gasteiger partial charge in [0.05, 0.1) is 29.4 Å². The van der Waals surface area contributed by atoms with Crippen molar-refractivity contribution in [2.45, 2.75) is 0 Å². The lowest BCUT2D eigenvalue weighted by atomic mass is 10.1. The molecule has 0 aliphatic carbocycles. The molecule has 1 heterocycles. The minimum Gasteiger partial charge on any atom is -0.288 e. The maximum absolute atomic E-state index is 12.3. The van der Waals surface area contributed by atoms with E-state index in [2.05, 4.69) is 15.9 Å². The van der Waals surface area contributed by atoms with Crippen LogP contribution in [-0.4, -0.2) is 5.78 Å². The maximum Gasteiger partial charge on any atom is 0.196 e. The third-order valence-electron chi connectivity index (χ3n) is 2.17. The lowest BCUT2D eigenvalue weighted by Gasteiger charge is -2.08. The molecule has 94 valence electrons. The molecule has 2 rings (SSSR count). The smallest absolute Gasteiger partial charge is 0.196 e. The summed E-state index contributed by atoms with van der Waals surface area (Å²) in [7, 11) is 0. The SMILES string of the molecule is O=C(c1csc(Br)c1)c1c(Cl)cc(Cl)c(Cl)c1Cl. The van der Waals surface area contributed by atoms with Crippen LogP contribution in [-0.2, 0) is 0 Å². The highest BCUT2D eigenvalue weighted by molar-refractivity contribution is 9.11. The van der Waals surface area contributed by atoms with E-state index in [0.29, 0.717) is 5.56 Å². The number of thiophene rings is 1. The summed E-state index contributed by atoms with van der Waals surface area (Å²) >= 11 is 28.5. The summed E-state index contributed by atoms with van der Waals surface area (Å²) < 4.78 is 0.846. The molecular formula is C11H3BrCl4OS. The summed E-state index contributed by atoms with van der Waals surface area (Å²) in [4.78, 5) is 12.3. The van der Waals surface area contributed by atoms with E-state index in [0.717, 1.165) is 3.79 Å². The maximum atomic E-state index is 12.3. The number of hydrogen-bond acceptors (Lipinski definition) is 2. The summed E-state index contributed by atoms with van der Waals surface area (Å²) in [6, 6.07) is 3.11. The minimum absolute atomic E-state index is 0.0708. The molecule has 0 unspecified atom stereocenters. The van der Waals surface area contributed by atoms with Crippen molar-refractivity contribution in [2.75, 3.05) is 0 Å². The van der Waals surface area contributed by atoms with Gasteiger partial charge in [0, 0.05) is 10.9 Å². The Morgan fingerprint density at radius 3 is 2.28 bits per heavy atom. The molecule has 0 aliphatic rings. The second kappa shape index (κ2) is 5.70. The van der Waals surface area contributed by atoms with Crippen LogP contribution in [0.15, 0.2) is 21.3 Å². The molecular weight excluding hydrogens is 402 g/mol. The first-order valence-corrected chi connectivity index (χ1v) is 7.72. The van der Waals surface area contributed by atoms with Crippen LogP contribution in [0, 0.1) is 0 Å². The van der Waals surface area contributed by atoms with Crippen molar-refractivity contribution in [2.24, 2.45) is 0 Å². The molecule has 0 spiro atoms. The molecule has 0 atom stereocenters. The fourth-order valence-electron chi connectivity index (χ4n) is 1.35. The number of carbonyl (C=O) groups excluding carboxylic acids is 1. The van der Waals surface area contributed by atoms with Gasteiger partial charge < -0.3 is 0 Å². The van der Waals surface area contributed by atoms with Crippen LogP contribution < -0.4 is 0 Å². The number of carbonyl (C=O) groups is 1. The van der Waals surface area contributed by atoms with E-state index < -0.39 is 0 Å². The number of hydrogen-bond donors (Lipinski definition) is 0. The van der Waals surface area contributed by atoms with Gasteiger partial charge in [-0.15, -0.1) is 11.3 Å².